The fraction of sp³-hybridized carbons (Fsp3) is 0.262. The van der Waals surface area contributed by atoms with Gasteiger partial charge in [0.25, 0.3) is 0 Å². The van der Waals surface area contributed by atoms with E-state index in [-0.39, 0.29) is 6.04 Å². The quantitative estimate of drug-likeness (QED) is 0.144. The van der Waals surface area contributed by atoms with Crippen LogP contribution in [0.1, 0.15) is 45.0 Å². The number of fused-ring (bicyclic) bond motifs is 2. The fourth-order valence-electron chi connectivity index (χ4n) is 6.69. The molecule has 5 nitrogen and oxygen atoms in total. The maximum Gasteiger partial charge on any atom is 0.333 e. The van der Waals surface area contributed by atoms with Crippen molar-refractivity contribution in [1.29, 1.82) is 0 Å². The van der Waals surface area contributed by atoms with Crippen molar-refractivity contribution in [3.8, 4) is 16.9 Å². The minimum absolute atomic E-state index is 0.114. The van der Waals surface area contributed by atoms with E-state index >= 15 is 0 Å². The first-order valence-corrected chi connectivity index (χ1v) is 16.5. The number of carboxylic acids is 1. The number of nitrogens with zero attached hydrogens (tertiary/aromatic N) is 1. The van der Waals surface area contributed by atoms with Crippen molar-refractivity contribution in [2.75, 3.05) is 27.3 Å². The second kappa shape index (κ2) is 15.3. The first-order chi connectivity index (χ1) is 23.0. The minimum atomic E-state index is -0.961. The topological polar surface area (TPSA) is 59.0 Å². The summed E-state index contributed by atoms with van der Waals surface area (Å²) in [7, 11) is 3.62. The highest BCUT2D eigenvalue weighted by Crippen LogP contribution is 2.38. The van der Waals surface area contributed by atoms with Crippen molar-refractivity contribution in [3.63, 3.8) is 0 Å². The van der Waals surface area contributed by atoms with E-state index in [1.54, 1.807) is 0 Å². The van der Waals surface area contributed by atoms with E-state index in [0.717, 1.165) is 43.5 Å². The molecule has 0 saturated carbocycles. The van der Waals surface area contributed by atoms with Crippen molar-refractivity contribution < 1.29 is 19.4 Å². The number of hydrogen-bond acceptors (Lipinski definition) is 4. The lowest BCUT2D eigenvalue weighted by Crippen LogP contribution is -2.30. The average molecular weight is 626 g/mol. The van der Waals surface area contributed by atoms with Gasteiger partial charge in [-0.15, -0.1) is 0 Å². The Bertz CT molecular complexity index is 1770. The van der Waals surface area contributed by atoms with Gasteiger partial charge in [0, 0.05) is 20.1 Å². The first-order valence-electron chi connectivity index (χ1n) is 16.5. The van der Waals surface area contributed by atoms with E-state index in [1.165, 1.54) is 51.6 Å². The van der Waals surface area contributed by atoms with Gasteiger partial charge in [0.05, 0.1) is 6.04 Å². The van der Waals surface area contributed by atoms with Crippen LogP contribution in [0.3, 0.4) is 0 Å². The van der Waals surface area contributed by atoms with Crippen LogP contribution in [-0.2, 0) is 41.6 Å². The predicted octanol–water partition coefficient (Wildman–Crippen LogP) is 7.98. The molecule has 0 amide bonds. The number of rotatable bonds is 13. The molecule has 2 atom stereocenters. The molecule has 1 aliphatic carbocycles. The van der Waals surface area contributed by atoms with Crippen molar-refractivity contribution in [3.05, 3.63) is 160 Å². The maximum atomic E-state index is 11.3. The van der Waals surface area contributed by atoms with E-state index in [2.05, 4.69) is 109 Å². The highest BCUT2D eigenvalue weighted by molar-refractivity contribution is 5.72. The Morgan fingerprint density at radius 1 is 0.745 bits per heavy atom. The Kier molecular flexibility index (Phi) is 10.5. The summed E-state index contributed by atoms with van der Waals surface area (Å²) in [4.78, 5) is 13.8. The van der Waals surface area contributed by atoms with Gasteiger partial charge in [-0.2, -0.15) is 0 Å². The summed E-state index contributed by atoms with van der Waals surface area (Å²) in [5, 5.41) is 9.30. The normalized spacial score (nSPS) is 14.6. The summed E-state index contributed by atoms with van der Waals surface area (Å²) in [6.45, 7) is 1.27. The lowest BCUT2D eigenvalue weighted by atomic mass is 9.90. The predicted molar refractivity (Wildman–Crippen MR) is 188 cm³/mol. The number of hydrogen-bond donors (Lipinski definition) is 1. The molecule has 0 bridgehead atoms. The summed E-state index contributed by atoms with van der Waals surface area (Å²) < 4.78 is 11.3. The van der Waals surface area contributed by atoms with Gasteiger partial charge in [0.15, 0.2) is 6.10 Å². The van der Waals surface area contributed by atoms with Gasteiger partial charge in [-0.3, -0.25) is 4.90 Å². The standard InChI is InChI=1S/C42H43NO4/c1-43(25-26-47-37-21-15-32(16-22-37)28-40(46-2)42(44)45)41-38-23-17-31(14-13-30-9-5-3-6-10-30)27-35(38)18-19-36-29-34(20-24-39(36)41)33-11-7-4-8-12-33/h3-12,15-17,20-24,27,29,40-41H,13-14,18-19,25-26,28H2,1-2H3,(H,44,45). The van der Waals surface area contributed by atoms with Gasteiger partial charge < -0.3 is 14.6 Å². The molecule has 5 aromatic carbocycles. The van der Waals surface area contributed by atoms with Crippen LogP contribution in [0.25, 0.3) is 11.1 Å². The summed E-state index contributed by atoms with van der Waals surface area (Å²) in [5.74, 6) is -0.194. The number of aryl methyl sites for hydroxylation is 4. The Hall–Kier alpha value is -4.71. The molecule has 47 heavy (non-hydrogen) atoms. The Morgan fingerprint density at radius 3 is 2.04 bits per heavy atom. The maximum absolute atomic E-state index is 11.3. The van der Waals surface area contributed by atoms with E-state index < -0.39 is 12.1 Å². The molecule has 5 heteroatoms. The number of carbonyl (C=O) groups is 1. The minimum Gasteiger partial charge on any atom is -0.492 e. The number of likely N-dealkylation sites (N-methyl/N-ethyl adjacent to an activating group) is 1. The number of carboxylic acid groups (broad SMARTS) is 1. The first kappa shape index (κ1) is 32.2. The second-order valence-corrected chi connectivity index (χ2v) is 12.4. The van der Waals surface area contributed by atoms with Crippen LogP contribution < -0.4 is 4.74 Å². The number of benzene rings is 5. The van der Waals surface area contributed by atoms with E-state index in [9.17, 15) is 9.90 Å². The van der Waals surface area contributed by atoms with Gasteiger partial charge in [0.1, 0.15) is 12.4 Å². The fourth-order valence-corrected chi connectivity index (χ4v) is 6.69. The van der Waals surface area contributed by atoms with Crippen LogP contribution in [0.5, 0.6) is 5.75 Å². The molecule has 0 spiro atoms. The van der Waals surface area contributed by atoms with Gasteiger partial charge in [-0.1, -0.05) is 109 Å². The van der Waals surface area contributed by atoms with Crippen LogP contribution in [-0.4, -0.2) is 49.4 Å². The molecule has 2 unspecified atom stereocenters. The van der Waals surface area contributed by atoms with E-state index in [1.807, 2.05) is 24.3 Å². The molecule has 0 heterocycles. The SMILES string of the molecule is COC(Cc1ccc(OCCN(C)C2c3ccc(CCc4ccccc4)cc3CCc3cc(-c4ccccc4)ccc32)cc1)C(=O)O. The summed E-state index contributed by atoms with van der Waals surface area (Å²) in [5.41, 5.74) is 11.7. The number of aliphatic carboxylic acids is 1. The molecule has 0 saturated heterocycles. The molecule has 1 aliphatic rings. The largest absolute Gasteiger partial charge is 0.492 e. The van der Waals surface area contributed by atoms with Gasteiger partial charge in [-0.05, 0) is 94.9 Å². The van der Waals surface area contributed by atoms with Crippen LogP contribution in [0.4, 0.5) is 0 Å². The third kappa shape index (κ3) is 7.99. The summed E-state index contributed by atoms with van der Waals surface area (Å²) in [6, 6.07) is 43.2. The summed E-state index contributed by atoms with van der Waals surface area (Å²) in [6.07, 6.45) is 3.54. The molecule has 0 aliphatic heterocycles. The van der Waals surface area contributed by atoms with Gasteiger partial charge in [0.2, 0.25) is 0 Å². The molecule has 240 valence electrons. The van der Waals surface area contributed by atoms with Crippen LogP contribution in [0.15, 0.2) is 121 Å². The molecular formula is C42H43NO4. The average Bonchev–Trinajstić information content (AvgIpc) is 3.27. The monoisotopic (exact) mass is 625 g/mol. The molecule has 0 aromatic heterocycles. The Balaban J connectivity index is 1.21. The third-order valence-electron chi connectivity index (χ3n) is 9.31. The molecule has 0 fully saturated rings. The highest BCUT2D eigenvalue weighted by Gasteiger charge is 2.27. The van der Waals surface area contributed by atoms with Crippen molar-refractivity contribution in [1.82, 2.24) is 4.90 Å². The molecule has 5 aromatic rings. The molecular weight excluding hydrogens is 582 g/mol. The van der Waals surface area contributed by atoms with Crippen LogP contribution >= 0.6 is 0 Å². The second-order valence-electron chi connectivity index (χ2n) is 12.4. The zero-order chi connectivity index (χ0) is 32.6. The Labute approximate surface area is 278 Å². The van der Waals surface area contributed by atoms with Crippen LogP contribution in [0.2, 0.25) is 0 Å². The lowest BCUT2D eigenvalue weighted by molar-refractivity contribution is -0.148. The van der Waals surface area contributed by atoms with E-state index in [0.29, 0.717) is 13.0 Å². The molecule has 0 radical (unpaired) electrons. The third-order valence-corrected chi connectivity index (χ3v) is 9.31. The summed E-state index contributed by atoms with van der Waals surface area (Å²) >= 11 is 0. The zero-order valence-electron chi connectivity index (χ0n) is 27.3. The number of ether oxygens (including phenoxy) is 2. The van der Waals surface area contributed by atoms with E-state index in [4.69, 9.17) is 9.47 Å². The lowest BCUT2D eigenvalue weighted by Gasteiger charge is -2.31. The Morgan fingerprint density at radius 2 is 1.36 bits per heavy atom. The number of methoxy groups -OCH3 is 1. The van der Waals surface area contributed by atoms with Crippen LogP contribution in [0, 0.1) is 0 Å². The smallest absolute Gasteiger partial charge is 0.333 e. The zero-order valence-corrected chi connectivity index (χ0v) is 27.3. The van der Waals surface area contributed by atoms with Gasteiger partial charge >= 0.3 is 5.97 Å². The van der Waals surface area contributed by atoms with Crippen molar-refractivity contribution >= 4 is 5.97 Å². The van der Waals surface area contributed by atoms with Gasteiger partial charge in [-0.25, -0.2) is 4.79 Å². The molecule has 1 N–H and O–H groups in total. The van der Waals surface area contributed by atoms with Crippen molar-refractivity contribution in [2.45, 2.75) is 44.2 Å². The van der Waals surface area contributed by atoms with Crippen molar-refractivity contribution in [2.24, 2.45) is 0 Å². The molecule has 6 rings (SSSR count). The highest BCUT2D eigenvalue weighted by atomic mass is 16.5.